The van der Waals surface area contributed by atoms with Crippen molar-refractivity contribution in [2.75, 3.05) is 53.6 Å². The van der Waals surface area contributed by atoms with Crippen molar-refractivity contribution in [3.05, 3.63) is 0 Å². The van der Waals surface area contributed by atoms with E-state index in [0.29, 0.717) is 6.10 Å². The zero-order chi connectivity index (χ0) is 10.9. The molecule has 0 unspecified atom stereocenters. The largest absolute Gasteiger partial charge is 0.383 e. The number of methoxy groups -OCH3 is 1. The van der Waals surface area contributed by atoms with E-state index in [1.54, 1.807) is 7.11 Å². The summed E-state index contributed by atoms with van der Waals surface area (Å²) in [7, 11) is 3.88. The molecule has 0 spiro atoms. The van der Waals surface area contributed by atoms with Crippen molar-refractivity contribution in [3.63, 3.8) is 0 Å². The van der Waals surface area contributed by atoms with Crippen LogP contribution >= 0.6 is 0 Å². The summed E-state index contributed by atoms with van der Waals surface area (Å²) in [5, 5.41) is 3.33. The number of nitrogens with zero attached hydrogens (tertiary/aromatic N) is 1. The molecule has 0 aromatic heterocycles. The summed E-state index contributed by atoms with van der Waals surface area (Å²) in [5.74, 6) is 0. The first-order valence-corrected chi connectivity index (χ1v) is 5.82. The maximum Gasteiger partial charge on any atom is 0.0702 e. The Morgan fingerprint density at radius 3 is 3.00 bits per heavy atom. The predicted molar refractivity (Wildman–Crippen MR) is 61.2 cm³/mol. The third-order valence-electron chi connectivity index (χ3n) is 2.69. The maximum atomic E-state index is 5.59. The van der Waals surface area contributed by atoms with Gasteiger partial charge in [-0.25, -0.2) is 0 Å². The molecule has 1 heterocycles. The van der Waals surface area contributed by atoms with Crippen molar-refractivity contribution in [3.8, 4) is 0 Å². The first-order valence-electron chi connectivity index (χ1n) is 5.82. The van der Waals surface area contributed by atoms with E-state index in [0.717, 1.165) is 39.4 Å². The van der Waals surface area contributed by atoms with Gasteiger partial charge in [0.25, 0.3) is 0 Å². The monoisotopic (exact) mass is 216 g/mol. The molecule has 0 amide bonds. The molecule has 1 rings (SSSR count). The summed E-state index contributed by atoms with van der Waals surface area (Å²) < 4.78 is 10.5. The van der Waals surface area contributed by atoms with Crippen molar-refractivity contribution in [1.29, 1.82) is 0 Å². The van der Waals surface area contributed by atoms with Gasteiger partial charge in [-0.15, -0.1) is 0 Å². The van der Waals surface area contributed by atoms with E-state index in [1.165, 1.54) is 12.8 Å². The molecule has 1 fully saturated rings. The lowest BCUT2D eigenvalue weighted by molar-refractivity contribution is 0.0813. The van der Waals surface area contributed by atoms with E-state index in [9.17, 15) is 0 Å². The lowest BCUT2D eigenvalue weighted by atomic mass is 10.2. The smallest absolute Gasteiger partial charge is 0.0702 e. The predicted octanol–water partition coefficient (Wildman–Crippen LogP) is 0.333. The van der Waals surface area contributed by atoms with Gasteiger partial charge in [0.2, 0.25) is 0 Å². The van der Waals surface area contributed by atoms with E-state index < -0.39 is 0 Å². The number of hydrogen-bond acceptors (Lipinski definition) is 4. The highest BCUT2D eigenvalue weighted by atomic mass is 16.5. The summed E-state index contributed by atoms with van der Waals surface area (Å²) in [6, 6.07) is 0. The highest BCUT2D eigenvalue weighted by molar-refractivity contribution is 4.68. The van der Waals surface area contributed by atoms with Gasteiger partial charge in [0, 0.05) is 39.9 Å². The molecule has 15 heavy (non-hydrogen) atoms. The first-order chi connectivity index (χ1) is 7.33. The van der Waals surface area contributed by atoms with Crippen LogP contribution in [0.3, 0.4) is 0 Å². The van der Waals surface area contributed by atoms with Gasteiger partial charge in [-0.1, -0.05) is 0 Å². The molecule has 1 atom stereocenters. The number of nitrogens with one attached hydrogen (secondary N) is 1. The number of hydrogen-bond donors (Lipinski definition) is 1. The van der Waals surface area contributed by atoms with Crippen LogP contribution in [0.15, 0.2) is 0 Å². The molecule has 1 saturated heterocycles. The minimum atomic E-state index is 0.467. The third kappa shape index (κ3) is 6.10. The Labute approximate surface area is 92.9 Å². The topological polar surface area (TPSA) is 33.7 Å². The molecule has 1 aliphatic heterocycles. The molecule has 4 heteroatoms. The Hall–Kier alpha value is -0.160. The van der Waals surface area contributed by atoms with Crippen LogP contribution in [0, 0.1) is 0 Å². The fourth-order valence-electron chi connectivity index (χ4n) is 1.80. The van der Waals surface area contributed by atoms with E-state index in [4.69, 9.17) is 9.47 Å². The molecule has 90 valence electrons. The number of ether oxygens (including phenoxy) is 2. The molecule has 0 saturated carbocycles. The van der Waals surface area contributed by atoms with Crippen molar-refractivity contribution in [2.24, 2.45) is 0 Å². The molecule has 4 nitrogen and oxygen atoms in total. The Kier molecular flexibility index (Phi) is 6.92. The van der Waals surface area contributed by atoms with Crippen LogP contribution in [-0.2, 0) is 9.47 Å². The van der Waals surface area contributed by atoms with Crippen LogP contribution in [0.1, 0.15) is 12.8 Å². The molecule has 0 aromatic carbocycles. The van der Waals surface area contributed by atoms with Crippen molar-refractivity contribution >= 4 is 0 Å². The highest BCUT2D eigenvalue weighted by Gasteiger charge is 2.16. The van der Waals surface area contributed by atoms with E-state index in [2.05, 4.69) is 17.3 Å². The zero-order valence-electron chi connectivity index (χ0n) is 10.00. The summed E-state index contributed by atoms with van der Waals surface area (Å²) in [6.07, 6.45) is 2.92. The van der Waals surface area contributed by atoms with Gasteiger partial charge >= 0.3 is 0 Å². The minimum absolute atomic E-state index is 0.467. The second-order valence-corrected chi connectivity index (χ2v) is 4.14. The zero-order valence-corrected chi connectivity index (χ0v) is 10.00. The molecule has 1 aliphatic rings. The highest BCUT2D eigenvalue weighted by Crippen LogP contribution is 2.12. The van der Waals surface area contributed by atoms with Crippen LogP contribution in [0.2, 0.25) is 0 Å². The quantitative estimate of drug-likeness (QED) is 0.593. The van der Waals surface area contributed by atoms with E-state index in [1.807, 2.05) is 0 Å². The fraction of sp³-hybridized carbons (Fsp3) is 1.00. The lowest BCUT2D eigenvalue weighted by Crippen LogP contribution is -2.35. The van der Waals surface area contributed by atoms with Gasteiger partial charge in [-0.05, 0) is 19.9 Å². The fourth-order valence-corrected chi connectivity index (χ4v) is 1.80. The Morgan fingerprint density at radius 2 is 2.33 bits per heavy atom. The Balaban J connectivity index is 1.91. The van der Waals surface area contributed by atoms with Gasteiger partial charge < -0.3 is 19.7 Å². The van der Waals surface area contributed by atoms with Crippen molar-refractivity contribution in [1.82, 2.24) is 10.2 Å². The van der Waals surface area contributed by atoms with Gasteiger partial charge in [-0.3, -0.25) is 0 Å². The molecule has 0 bridgehead atoms. The second kappa shape index (κ2) is 8.05. The number of likely N-dealkylation sites (N-methyl/N-ethyl adjacent to an activating group) is 1. The third-order valence-corrected chi connectivity index (χ3v) is 2.69. The van der Waals surface area contributed by atoms with Crippen LogP contribution in [0.4, 0.5) is 0 Å². The number of rotatable bonds is 8. The van der Waals surface area contributed by atoms with Crippen LogP contribution in [0.25, 0.3) is 0 Å². The minimum Gasteiger partial charge on any atom is -0.383 e. The Bertz CT molecular complexity index is 150. The summed E-state index contributed by atoms with van der Waals surface area (Å²) in [5.41, 5.74) is 0. The standard InChI is InChI=1S/C11H24N2O2/c1-13(7-5-12-6-9-14-2)10-11-4-3-8-15-11/h11-12H,3-10H2,1-2H3/t11-/m0/s1. The summed E-state index contributed by atoms with van der Waals surface area (Å²) in [6.45, 7) is 5.83. The van der Waals surface area contributed by atoms with Crippen molar-refractivity contribution < 1.29 is 9.47 Å². The van der Waals surface area contributed by atoms with Crippen LogP contribution < -0.4 is 5.32 Å². The molecular weight excluding hydrogens is 192 g/mol. The van der Waals surface area contributed by atoms with Gasteiger partial charge in [0.1, 0.15) is 0 Å². The maximum absolute atomic E-state index is 5.59. The van der Waals surface area contributed by atoms with E-state index in [-0.39, 0.29) is 0 Å². The van der Waals surface area contributed by atoms with E-state index >= 15 is 0 Å². The van der Waals surface area contributed by atoms with Gasteiger partial charge in [0.05, 0.1) is 12.7 Å². The van der Waals surface area contributed by atoms with Crippen molar-refractivity contribution in [2.45, 2.75) is 18.9 Å². The average molecular weight is 216 g/mol. The normalized spacial score (nSPS) is 21.4. The molecule has 1 N–H and O–H groups in total. The molecule has 0 radical (unpaired) electrons. The van der Waals surface area contributed by atoms with Crippen LogP contribution in [0.5, 0.6) is 0 Å². The SMILES string of the molecule is COCCNCCN(C)C[C@@H]1CCCO1. The molecule has 0 aliphatic carbocycles. The second-order valence-electron chi connectivity index (χ2n) is 4.14. The molecule has 0 aromatic rings. The Morgan fingerprint density at radius 1 is 1.47 bits per heavy atom. The van der Waals surface area contributed by atoms with Gasteiger partial charge in [-0.2, -0.15) is 0 Å². The lowest BCUT2D eigenvalue weighted by Gasteiger charge is -2.20. The molecular formula is C11H24N2O2. The summed E-state index contributed by atoms with van der Waals surface area (Å²) in [4.78, 5) is 2.33. The summed E-state index contributed by atoms with van der Waals surface area (Å²) >= 11 is 0. The van der Waals surface area contributed by atoms with Gasteiger partial charge in [0.15, 0.2) is 0 Å². The average Bonchev–Trinajstić information content (AvgIpc) is 2.70. The van der Waals surface area contributed by atoms with Crippen LogP contribution in [-0.4, -0.2) is 64.6 Å². The first kappa shape index (κ1) is 12.9.